The summed E-state index contributed by atoms with van der Waals surface area (Å²) in [4.78, 5) is 49.2. The molecule has 0 fully saturated rings. The van der Waals surface area contributed by atoms with Crippen LogP contribution < -0.4 is 21.5 Å². The van der Waals surface area contributed by atoms with E-state index in [4.69, 9.17) is 4.74 Å². The molecule has 0 saturated carbocycles. The van der Waals surface area contributed by atoms with Crippen LogP contribution in [0.3, 0.4) is 0 Å². The molecule has 14 heteroatoms. The molecule has 0 radical (unpaired) electrons. The van der Waals surface area contributed by atoms with Gasteiger partial charge in [-0.15, -0.1) is 0 Å². The van der Waals surface area contributed by atoms with Crippen molar-refractivity contribution in [2.75, 3.05) is 17.2 Å². The van der Waals surface area contributed by atoms with Crippen molar-refractivity contribution < 1.29 is 37.0 Å². The summed E-state index contributed by atoms with van der Waals surface area (Å²) in [5.74, 6) is -6.85. The number of carboxylic acid groups (broad SMARTS) is 1. The van der Waals surface area contributed by atoms with Crippen LogP contribution in [0, 0.1) is 23.3 Å². The highest BCUT2D eigenvalue weighted by Gasteiger charge is 2.29. The number of aromatic carboxylic acids is 1. The van der Waals surface area contributed by atoms with Gasteiger partial charge in [0.15, 0.2) is 23.3 Å². The Morgan fingerprint density at radius 3 is 1.48 bits per heavy atom. The van der Waals surface area contributed by atoms with Gasteiger partial charge in [0.05, 0.1) is 51.2 Å². The monoisotopic (exact) mass is 756 g/mol. The summed E-state index contributed by atoms with van der Waals surface area (Å²) in [5, 5.41) is 18.4. The molecular formula is C42H24F4N4O6. The van der Waals surface area contributed by atoms with Crippen LogP contribution in [-0.4, -0.2) is 32.8 Å². The lowest BCUT2D eigenvalue weighted by Crippen LogP contribution is -2.23. The van der Waals surface area contributed by atoms with Crippen LogP contribution in [0.5, 0.6) is 0 Å². The number of nitrogens with zero attached hydrogens (tertiary/aromatic N) is 2. The second-order valence-corrected chi connectivity index (χ2v) is 13.1. The van der Waals surface area contributed by atoms with Gasteiger partial charge in [-0.3, -0.25) is 9.59 Å². The van der Waals surface area contributed by atoms with E-state index in [0.717, 1.165) is 39.9 Å². The molecule has 276 valence electrons. The number of hydrogen-bond acceptors (Lipinski definition) is 7. The smallest absolute Gasteiger partial charge is 0.343 e. The van der Waals surface area contributed by atoms with Crippen LogP contribution in [-0.2, 0) is 4.74 Å². The van der Waals surface area contributed by atoms with Gasteiger partial charge in [-0.2, -0.15) is 0 Å². The van der Waals surface area contributed by atoms with Crippen LogP contribution in [0.1, 0.15) is 27.6 Å². The van der Waals surface area contributed by atoms with E-state index in [0.29, 0.717) is 22.7 Å². The van der Waals surface area contributed by atoms with E-state index in [2.05, 4.69) is 10.6 Å². The lowest BCUT2D eigenvalue weighted by molar-refractivity contribution is 0.0523. The lowest BCUT2D eigenvalue weighted by Gasteiger charge is -2.26. The summed E-state index contributed by atoms with van der Waals surface area (Å²) < 4.78 is 65.4. The molecule has 0 atom stereocenters. The number of fused-ring (bicyclic) bond motifs is 6. The Balaban J connectivity index is 0.000000147. The second kappa shape index (κ2) is 12.6. The van der Waals surface area contributed by atoms with E-state index in [1.54, 1.807) is 23.6 Å². The molecule has 0 saturated heterocycles. The quantitative estimate of drug-likeness (QED) is 0.120. The molecule has 0 aliphatic carbocycles. The molecule has 2 aliphatic rings. The van der Waals surface area contributed by atoms with Crippen molar-refractivity contribution in [1.82, 2.24) is 9.13 Å². The first-order chi connectivity index (χ1) is 26.9. The van der Waals surface area contributed by atoms with Gasteiger partial charge in [-0.05, 0) is 64.9 Å². The SMILES string of the molecule is CCOC(=O)c1cn2c3c(c(F)c(F)cc3c1=O)Nc1cc3ccccc3cc1-2.O=C(O)c1cn2c3c(c(F)c(F)cc3c1=O)Nc1cc3ccccc3cc1-2. The lowest BCUT2D eigenvalue weighted by atomic mass is 10.0. The largest absolute Gasteiger partial charge is 0.477 e. The molecular weight excluding hydrogens is 732 g/mol. The standard InChI is InChI=1S/C22H14F2N2O3.C20H10F2N2O3/c1-2-29-22(28)14-10-26-17-8-12-6-4-3-5-11(12)7-16(17)25-19-18(24)15(23)9-13(20(19)26)21(14)27;21-13-7-11-18-17(16(13)22)23-14-5-9-3-1-2-4-10(9)6-15(14)24(18)8-12(19(11)25)20(26)27/h3-10,25H,2H2,1H3;1-8,23H,(H,26,27). The maximum absolute atomic E-state index is 14.6. The van der Waals surface area contributed by atoms with Crippen molar-refractivity contribution >= 4 is 78.0 Å². The Labute approximate surface area is 311 Å². The molecule has 0 bridgehead atoms. The normalized spacial score (nSPS) is 12.0. The minimum Gasteiger partial charge on any atom is -0.477 e. The number of carbonyl (C=O) groups excluding carboxylic acids is 1. The number of esters is 1. The van der Waals surface area contributed by atoms with Gasteiger partial charge < -0.3 is 29.6 Å². The van der Waals surface area contributed by atoms with E-state index in [9.17, 15) is 41.8 Å². The van der Waals surface area contributed by atoms with E-state index >= 15 is 0 Å². The average Bonchev–Trinajstić information content (AvgIpc) is 3.19. The fourth-order valence-corrected chi connectivity index (χ4v) is 7.31. The van der Waals surface area contributed by atoms with Gasteiger partial charge in [-0.25, -0.2) is 27.2 Å². The van der Waals surface area contributed by atoms with E-state index in [1.165, 1.54) is 10.8 Å². The van der Waals surface area contributed by atoms with Crippen molar-refractivity contribution in [3.05, 3.63) is 152 Å². The van der Waals surface area contributed by atoms with Crippen LogP contribution in [0.25, 0.3) is 54.7 Å². The number of carboxylic acids is 1. The average molecular weight is 757 g/mol. The number of carbonyl (C=O) groups is 2. The third-order valence-corrected chi connectivity index (χ3v) is 9.85. The summed E-state index contributed by atoms with van der Waals surface area (Å²) >= 11 is 0. The summed E-state index contributed by atoms with van der Waals surface area (Å²) in [7, 11) is 0. The fraction of sp³-hybridized carbons (Fsp3) is 0.0476. The first-order valence-corrected chi connectivity index (χ1v) is 17.1. The van der Waals surface area contributed by atoms with Crippen LogP contribution >= 0.6 is 0 Å². The summed E-state index contributed by atoms with van der Waals surface area (Å²) in [6.45, 7) is 1.71. The summed E-state index contributed by atoms with van der Waals surface area (Å²) in [6.07, 6.45) is 2.49. The molecule has 2 aliphatic heterocycles. The maximum Gasteiger partial charge on any atom is 0.343 e. The molecule has 8 aromatic rings. The number of nitrogens with one attached hydrogen (secondary N) is 2. The molecule has 0 spiro atoms. The van der Waals surface area contributed by atoms with E-state index in [1.807, 2.05) is 60.7 Å². The van der Waals surface area contributed by atoms with Gasteiger partial charge in [-0.1, -0.05) is 48.5 Å². The number of rotatable bonds is 3. The first kappa shape index (κ1) is 34.3. The highest BCUT2D eigenvalue weighted by molar-refractivity contribution is 6.05. The molecule has 10 nitrogen and oxygen atoms in total. The number of anilines is 4. The zero-order valence-corrected chi connectivity index (χ0v) is 28.8. The van der Waals surface area contributed by atoms with Crippen LogP contribution in [0.2, 0.25) is 0 Å². The number of halogens is 4. The van der Waals surface area contributed by atoms with E-state index in [-0.39, 0.29) is 45.4 Å². The van der Waals surface area contributed by atoms with Crippen molar-refractivity contribution in [2.24, 2.45) is 0 Å². The van der Waals surface area contributed by atoms with Crippen LogP contribution in [0.4, 0.5) is 40.3 Å². The van der Waals surface area contributed by atoms with Gasteiger partial charge in [0.2, 0.25) is 10.9 Å². The highest BCUT2D eigenvalue weighted by atomic mass is 19.2. The molecule has 6 aromatic carbocycles. The van der Waals surface area contributed by atoms with Gasteiger partial charge in [0.25, 0.3) is 0 Å². The van der Waals surface area contributed by atoms with Crippen molar-refractivity contribution in [3.63, 3.8) is 0 Å². The number of benzene rings is 6. The predicted octanol–water partition coefficient (Wildman–Crippen LogP) is 8.83. The molecule has 10 rings (SSSR count). The van der Waals surface area contributed by atoms with Gasteiger partial charge in [0.1, 0.15) is 22.5 Å². The Hall–Kier alpha value is -7.48. The minimum atomic E-state index is -1.43. The Morgan fingerprint density at radius 2 is 1.05 bits per heavy atom. The number of hydrogen-bond donors (Lipinski definition) is 3. The van der Waals surface area contributed by atoms with Crippen LogP contribution in [0.15, 0.2) is 107 Å². The zero-order chi connectivity index (χ0) is 39.2. The van der Waals surface area contributed by atoms with E-state index < -0.39 is 51.6 Å². The Bertz CT molecular complexity index is 3210. The molecule has 2 aromatic heterocycles. The summed E-state index contributed by atoms with van der Waals surface area (Å²) in [5.41, 5.74) is -0.225. The third kappa shape index (κ3) is 5.10. The molecule has 3 N–H and O–H groups in total. The molecule has 0 unspecified atom stereocenters. The Kier molecular flexibility index (Phi) is 7.69. The van der Waals surface area contributed by atoms with Crippen molar-refractivity contribution in [1.29, 1.82) is 0 Å². The van der Waals surface area contributed by atoms with Crippen molar-refractivity contribution in [2.45, 2.75) is 6.92 Å². The topological polar surface area (TPSA) is 132 Å². The first-order valence-electron chi connectivity index (χ1n) is 17.1. The number of aromatic nitrogens is 2. The molecule has 56 heavy (non-hydrogen) atoms. The summed E-state index contributed by atoms with van der Waals surface area (Å²) in [6, 6.07) is 23.9. The maximum atomic E-state index is 14.6. The Morgan fingerprint density at radius 1 is 0.643 bits per heavy atom. The second-order valence-electron chi connectivity index (χ2n) is 13.1. The number of pyridine rings is 2. The third-order valence-electron chi connectivity index (χ3n) is 9.85. The van der Waals surface area contributed by atoms with Crippen molar-refractivity contribution in [3.8, 4) is 11.4 Å². The fourth-order valence-electron chi connectivity index (χ4n) is 7.31. The minimum absolute atomic E-state index is 0.0854. The van der Waals surface area contributed by atoms with Gasteiger partial charge >= 0.3 is 11.9 Å². The highest BCUT2D eigenvalue weighted by Crippen LogP contribution is 2.42. The molecule has 0 amide bonds. The zero-order valence-electron chi connectivity index (χ0n) is 28.8. The predicted molar refractivity (Wildman–Crippen MR) is 203 cm³/mol. The number of ether oxygens (including phenoxy) is 1. The van der Waals surface area contributed by atoms with Gasteiger partial charge in [0, 0.05) is 12.4 Å². The molecule has 4 heterocycles.